The summed E-state index contributed by atoms with van der Waals surface area (Å²) in [4.78, 5) is 12.2. The molecular weight excluding hydrogens is 298 g/mol. The molecule has 1 aromatic carbocycles. The number of methoxy groups -OCH3 is 1. The fourth-order valence-electron chi connectivity index (χ4n) is 1.97. The number of carbonyl (C=O) groups is 1. The summed E-state index contributed by atoms with van der Waals surface area (Å²) in [5.41, 5.74) is 1.98. The number of ether oxygens (including phenoxy) is 1. The summed E-state index contributed by atoms with van der Waals surface area (Å²) in [5.74, 6) is 0.923. The summed E-state index contributed by atoms with van der Waals surface area (Å²) in [6.45, 7) is 5.55. The van der Waals surface area contributed by atoms with E-state index in [0.29, 0.717) is 24.8 Å². The van der Waals surface area contributed by atoms with Gasteiger partial charge in [-0.3, -0.25) is 4.79 Å². The van der Waals surface area contributed by atoms with Gasteiger partial charge in [-0.2, -0.15) is 0 Å². The number of ketones is 1. The van der Waals surface area contributed by atoms with Crippen molar-refractivity contribution in [1.82, 2.24) is 14.8 Å². The van der Waals surface area contributed by atoms with Crippen LogP contribution in [0.5, 0.6) is 0 Å². The van der Waals surface area contributed by atoms with Crippen LogP contribution in [-0.4, -0.2) is 40.0 Å². The molecule has 0 amide bonds. The number of nitrogens with zero attached hydrogens (tertiary/aromatic N) is 3. The van der Waals surface area contributed by atoms with Crippen molar-refractivity contribution in [2.75, 3.05) is 19.5 Å². The maximum absolute atomic E-state index is 12.2. The lowest BCUT2D eigenvalue weighted by atomic mass is 10.0. The fraction of sp³-hybridized carbons (Fsp3) is 0.438. The highest BCUT2D eigenvalue weighted by Crippen LogP contribution is 2.19. The van der Waals surface area contributed by atoms with E-state index in [1.54, 1.807) is 13.4 Å². The minimum absolute atomic E-state index is 0.0987. The highest BCUT2D eigenvalue weighted by Gasteiger charge is 2.11. The lowest BCUT2D eigenvalue weighted by Crippen LogP contribution is -2.07. The van der Waals surface area contributed by atoms with E-state index in [-0.39, 0.29) is 5.78 Å². The molecule has 0 aliphatic rings. The molecule has 22 heavy (non-hydrogen) atoms. The molecule has 6 heteroatoms. The van der Waals surface area contributed by atoms with Gasteiger partial charge in [0.25, 0.3) is 0 Å². The van der Waals surface area contributed by atoms with Gasteiger partial charge in [0, 0.05) is 19.2 Å². The number of thioether (sulfide) groups is 1. The van der Waals surface area contributed by atoms with Crippen LogP contribution < -0.4 is 0 Å². The van der Waals surface area contributed by atoms with E-state index >= 15 is 0 Å². The van der Waals surface area contributed by atoms with Gasteiger partial charge in [0.2, 0.25) is 0 Å². The average molecular weight is 319 g/mol. The van der Waals surface area contributed by atoms with E-state index in [1.807, 2.05) is 28.8 Å². The van der Waals surface area contributed by atoms with Gasteiger partial charge >= 0.3 is 0 Å². The zero-order chi connectivity index (χ0) is 15.9. The second-order valence-corrected chi connectivity index (χ2v) is 6.23. The standard InChI is InChI=1S/C16H21N3O2S/c1-12(2)13-4-6-14(7-5-13)15(20)10-22-16-18-17-11-19(16)8-9-21-3/h4-7,11-12H,8-10H2,1-3H3. The first-order valence-electron chi connectivity index (χ1n) is 7.24. The first kappa shape index (κ1) is 16.7. The van der Waals surface area contributed by atoms with E-state index in [2.05, 4.69) is 24.0 Å². The van der Waals surface area contributed by atoms with Crippen LogP contribution >= 0.6 is 11.8 Å². The SMILES string of the molecule is COCCn1cnnc1SCC(=O)c1ccc(C(C)C)cc1. The highest BCUT2D eigenvalue weighted by molar-refractivity contribution is 7.99. The molecule has 0 aliphatic heterocycles. The first-order chi connectivity index (χ1) is 10.6. The second kappa shape index (κ2) is 8.10. The lowest BCUT2D eigenvalue weighted by molar-refractivity contribution is 0.102. The molecule has 2 aromatic rings. The highest BCUT2D eigenvalue weighted by atomic mass is 32.2. The summed E-state index contributed by atoms with van der Waals surface area (Å²) in [6.07, 6.45) is 1.66. The number of hydrogen-bond donors (Lipinski definition) is 0. The summed E-state index contributed by atoms with van der Waals surface area (Å²) < 4.78 is 6.94. The Morgan fingerprint density at radius 3 is 2.68 bits per heavy atom. The molecule has 0 saturated heterocycles. The van der Waals surface area contributed by atoms with Crippen LogP contribution in [0.4, 0.5) is 0 Å². The van der Waals surface area contributed by atoms with Gasteiger partial charge in [0.1, 0.15) is 6.33 Å². The molecular formula is C16H21N3O2S. The van der Waals surface area contributed by atoms with Gasteiger partial charge in [-0.05, 0) is 11.5 Å². The minimum atomic E-state index is 0.0987. The third kappa shape index (κ3) is 4.42. The lowest BCUT2D eigenvalue weighted by Gasteiger charge is -2.07. The Hall–Kier alpha value is -1.66. The average Bonchev–Trinajstić information content (AvgIpc) is 2.98. The summed E-state index contributed by atoms with van der Waals surface area (Å²) >= 11 is 1.40. The van der Waals surface area contributed by atoms with Crippen LogP contribution in [0.3, 0.4) is 0 Å². The van der Waals surface area contributed by atoms with Crippen molar-refractivity contribution in [3.05, 3.63) is 41.7 Å². The van der Waals surface area contributed by atoms with E-state index in [4.69, 9.17) is 4.74 Å². The maximum atomic E-state index is 12.2. The molecule has 1 heterocycles. The van der Waals surface area contributed by atoms with Gasteiger partial charge in [0.05, 0.1) is 12.4 Å². The molecule has 0 fully saturated rings. The number of benzene rings is 1. The fourth-order valence-corrected chi connectivity index (χ4v) is 2.80. The third-order valence-corrected chi connectivity index (χ3v) is 4.33. The first-order valence-corrected chi connectivity index (χ1v) is 8.23. The zero-order valence-corrected chi connectivity index (χ0v) is 14.0. The number of aromatic nitrogens is 3. The van der Waals surface area contributed by atoms with Crippen molar-refractivity contribution in [1.29, 1.82) is 0 Å². The summed E-state index contributed by atoms with van der Waals surface area (Å²) in [7, 11) is 1.65. The number of Topliss-reactive ketones (excluding diaryl/α,β-unsaturated/α-hetero) is 1. The molecule has 0 unspecified atom stereocenters. The van der Waals surface area contributed by atoms with Crippen LogP contribution in [0.2, 0.25) is 0 Å². The number of hydrogen-bond acceptors (Lipinski definition) is 5. The summed E-state index contributed by atoms with van der Waals surface area (Å²) in [5, 5.41) is 8.66. The van der Waals surface area contributed by atoms with E-state index in [1.165, 1.54) is 17.3 Å². The topological polar surface area (TPSA) is 57.0 Å². The smallest absolute Gasteiger partial charge is 0.191 e. The molecule has 1 aromatic heterocycles. The quantitative estimate of drug-likeness (QED) is 0.553. The van der Waals surface area contributed by atoms with Crippen molar-refractivity contribution >= 4 is 17.5 Å². The summed E-state index contributed by atoms with van der Waals surface area (Å²) in [6, 6.07) is 7.83. The Morgan fingerprint density at radius 1 is 1.32 bits per heavy atom. The van der Waals surface area contributed by atoms with Gasteiger partial charge in [-0.15, -0.1) is 10.2 Å². The second-order valence-electron chi connectivity index (χ2n) is 5.29. The molecule has 0 saturated carbocycles. The van der Waals surface area contributed by atoms with E-state index in [0.717, 1.165) is 10.7 Å². The van der Waals surface area contributed by atoms with Crippen LogP contribution in [0.15, 0.2) is 35.7 Å². The predicted octanol–water partition coefficient (Wildman–Crippen LogP) is 3.02. The molecule has 118 valence electrons. The third-order valence-electron chi connectivity index (χ3n) is 3.35. The van der Waals surface area contributed by atoms with Crippen molar-refractivity contribution in [3.63, 3.8) is 0 Å². The van der Waals surface area contributed by atoms with Gasteiger partial charge in [-0.1, -0.05) is 49.9 Å². The van der Waals surface area contributed by atoms with Crippen LogP contribution in [0.25, 0.3) is 0 Å². The Bertz CT molecular complexity index is 608. The normalized spacial score (nSPS) is 11.1. The zero-order valence-electron chi connectivity index (χ0n) is 13.2. The Kier molecular flexibility index (Phi) is 6.15. The molecule has 0 atom stereocenters. The van der Waals surface area contributed by atoms with Crippen molar-refractivity contribution in [2.45, 2.75) is 31.5 Å². The maximum Gasteiger partial charge on any atom is 0.191 e. The number of rotatable bonds is 8. The largest absolute Gasteiger partial charge is 0.383 e. The minimum Gasteiger partial charge on any atom is -0.383 e. The molecule has 5 nitrogen and oxygen atoms in total. The van der Waals surface area contributed by atoms with Gasteiger partial charge < -0.3 is 9.30 Å². The molecule has 2 rings (SSSR count). The molecule has 0 aliphatic carbocycles. The Morgan fingerprint density at radius 2 is 2.05 bits per heavy atom. The van der Waals surface area contributed by atoms with E-state index in [9.17, 15) is 4.79 Å². The molecule has 0 radical (unpaired) electrons. The Labute approximate surface area is 135 Å². The Balaban J connectivity index is 1.93. The monoisotopic (exact) mass is 319 g/mol. The van der Waals surface area contributed by atoms with Crippen molar-refractivity contribution in [3.8, 4) is 0 Å². The van der Waals surface area contributed by atoms with Crippen molar-refractivity contribution in [2.24, 2.45) is 0 Å². The molecule has 0 bridgehead atoms. The number of carbonyl (C=O) groups excluding carboxylic acids is 1. The predicted molar refractivity (Wildman–Crippen MR) is 87.5 cm³/mol. The van der Waals surface area contributed by atoms with Crippen molar-refractivity contribution < 1.29 is 9.53 Å². The molecule has 0 spiro atoms. The van der Waals surface area contributed by atoms with Crippen LogP contribution in [0, 0.1) is 0 Å². The van der Waals surface area contributed by atoms with Gasteiger partial charge in [0.15, 0.2) is 10.9 Å². The van der Waals surface area contributed by atoms with Gasteiger partial charge in [-0.25, -0.2) is 0 Å². The van der Waals surface area contributed by atoms with Crippen LogP contribution in [0.1, 0.15) is 35.7 Å². The van der Waals surface area contributed by atoms with E-state index < -0.39 is 0 Å². The van der Waals surface area contributed by atoms with Crippen LogP contribution in [-0.2, 0) is 11.3 Å². The molecule has 0 N–H and O–H groups in total.